The second-order valence-corrected chi connectivity index (χ2v) is 10.2. The quantitative estimate of drug-likeness (QED) is 0.504. The summed E-state index contributed by atoms with van der Waals surface area (Å²) >= 11 is 0. The summed E-state index contributed by atoms with van der Waals surface area (Å²) < 4.78 is 35.2. The molecule has 9 heteroatoms. The Balaban J connectivity index is 1.38. The van der Waals surface area contributed by atoms with Crippen LogP contribution in [-0.2, 0) is 35.9 Å². The first kappa shape index (κ1) is 21.5. The minimum atomic E-state index is -4.20. The summed E-state index contributed by atoms with van der Waals surface area (Å²) in [5.74, 6) is 0. The predicted molar refractivity (Wildman–Crippen MR) is 127 cm³/mol. The highest BCUT2D eigenvalue weighted by molar-refractivity contribution is 7.91. The molecule has 8 nitrogen and oxygen atoms in total. The second kappa shape index (κ2) is 7.91. The molecule has 5 rings (SSSR count). The van der Waals surface area contributed by atoms with Crippen LogP contribution in [0, 0.1) is 13.8 Å². The average molecular weight is 468 g/mol. The first-order chi connectivity index (χ1) is 15.7. The molecule has 0 bridgehead atoms. The Hall–Kier alpha value is -3.33. The average Bonchev–Trinajstić information content (AvgIpc) is 3.37. The van der Waals surface area contributed by atoms with E-state index < -0.39 is 21.9 Å². The maximum absolute atomic E-state index is 12.7. The number of anilines is 2. The summed E-state index contributed by atoms with van der Waals surface area (Å²) in [5.41, 5.74) is 6.94. The highest BCUT2D eigenvalue weighted by Gasteiger charge is 2.26. The molecule has 0 unspecified atom stereocenters. The van der Waals surface area contributed by atoms with Crippen LogP contribution in [0.1, 0.15) is 46.2 Å². The Morgan fingerprint density at radius 2 is 1.58 bits per heavy atom. The Morgan fingerprint density at radius 1 is 0.909 bits per heavy atom. The smallest absolute Gasteiger partial charge is 0.336 e. The number of aryl methyl sites for hydroxylation is 4. The van der Waals surface area contributed by atoms with Gasteiger partial charge >= 0.3 is 21.9 Å². The molecule has 0 saturated carbocycles. The van der Waals surface area contributed by atoms with Crippen LogP contribution < -0.4 is 20.4 Å². The molecular weight excluding hydrogens is 442 g/mol. The summed E-state index contributed by atoms with van der Waals surface area (Å²) in [6, 6.07) is 5.99. The first-order valence-electron chi connectivity index (χ1n) is 11.0. The zero-order chi connectivity index (χ0) is 23.3. The van der Waals surface area contributed by atoms with E-state index in [9.17, 15) is 18.0 Å². The van der Waals surface area contributed by atoms with Gasteiger partial charge in [0.2, 0.25) is 0 Å². The van der Waals surface area contributed by atoms with E-state index in [1.54, 1.807) is 26.0 Å². The zero-order valence-corrected chi connectivity index (χ0v) is 19.3. The van der Waals surface area contributed by atoms with Crippen molar-refractivity contribution in [1.29, 1.82) is 0 Å². The SMILES string of the molecule is Cc1cc2oc(=O)cc(C)c2cc1NS(=O)(=O)NC(=O)Nc1c2c(cc3c1CCC3)CCC2. The number of rotatable bonds is 4. The molecule has 2 aliphatic carbocycles. The van der Waals surface area contributed by atoms with E-state index in [1.807, 2.05) is 0 Å². The van der Waals surface area contributed by atoms with E-state index in [0.29, 0.717) is 27.8 Å². The minimum Gasteiger partial charge on any atom is -0.423 e. The van der Waals surface area contributed by atoms with E-state index in [4.69, 9.17) is 4.42 Å². The van der Waals surface area contributed by atoms with E-state index >= 15 is 0 Å². The lowest BCUT2D eigenvalue weighted by atomic mass is 9.99. The number of hydrogen-bond acceptors (Lipinski definition) is 5. The third kappa shape index (κ3) is 4.08. The molecule has 3 N–H and O–H groups in total. The lowest BCUT2D eigenvalue weighted by molar-refractivity contribution is 0.256. The van der Waals surface area contributed by atoms with Crippen LogP contribution in [0.5, 0.6) is 0 Å². The Labute approximate surface area is 191 Å². The molecule has 0 fully saturated rings. The molecule has 2 aliphatic rings. The van der Waals surface area contributed by atoms with Gasteiger partial charge in [-0.3, -0.25) is 4.72 Å². The van der Waals surface area contributed by atoms with Crippen LogP contribution in [0.4, 0.5) is 16.2 Å². The fourth-order valence-corrected chi connectivity index (χ4v) is 5.83. The number of urea groups is 1. The molecule has 2 aromatic carbocycles. The largest absolute Gasteiger partial charge is 0.423 e. The third-order valence-electron chi connectivity index (χ3n) is 6.48. The van der Waals surface area contributed by atoms with Gasteiger partial charge in [-0.1, -0.05) is 6.07 Å². The van der Waals surface area contributed by atoms with Gasteiger partial charge < -0.3 is 9.73 Å². The molecule has 0 spiro atoms. The molecule has 1 heterocycles. The number of nitrogens with one attached hydrogen (secondary N) is 3. The van der Waals surface area contributed by atoms with Gasteiger partial charge in [0.05, 0.1) is 5.69 Å². The van der Waals surface area contributed by atoms with E-state index in [-0.39, 0.29) is 0 Å². The molecule has 0 saturated heterocycles. The topological polar surface area (TPSA) is 118 Å². The van der Waals surface area contributed by atoms with Gasteiger partial charge in [0.1, 0.15) is 5.58 Å². The van der Waals surface area contributed by atoms with Gasteiger partial charge in [-0.15, -0.1) is 0 Å². The maximum atomic E-state index is 12.7. The number of hydrogen-bond donors (Lipinski definition) is 3. The number of carbonyl (C=O) groups excluding carboxylic acids is 1. The van der Waals surface area contributed by atoms with Crippen LogP contribution in [0.25, 0.3) is 11.0 Å². The Bertz CT molecular complexity index is 1440. The molecule has 0 radical (unpaired) electrons. The van der Waals surface area contributed by atoms with Crippen molar-refractivity contribution in [3.8, 4) is 0 Å². The highest BCUT2D eigenvalue weighted by Crippen LogP contribution is 2.38. The summed E-state index contributed by atoms with van der Waals surface area (Å²) in [6.45, 7) is 3.44. The van der Waals surface area contributed by atoms with Crippen LogP contribution >= 0.6 is 0 Å². The lowest BCUT2D eigenvalue weighted by Crippen LogP contribution is -2.38. The molecule has 0 aliphatic heterocycles. The lowest BCUT2D eigenvalue weighted by Gasteiger charge is -2.17. The van der Waals surface area contributed by atoms with Gasteiger partial charge in [-0.2, -0.15) is 8.42 Å². The van der Waals surface area contributed by atoms with Crippen molar-refractivity contribution in [1.82, 2.24) is 4.72 Å². The normalized spacial score (nSPS) is 14.7. The van der Waals surface area contributed by atoms with Crippen molar-refractivity contribution in [2.45, 2.75) is 52.4 Å². The van der Waals surface area contributed by atoms with Gasteiger partial charge in [0, 0.05) is 17.1 Å². The molecule has 2 amide bonds. The fourth-order valence-electron chi connectivity index (χ4n) is 4.97. The number of fused-ring (bicyclic) bond motifs is 3. The number of amides is 2. The third-order valence-corrected chi connectivity index (χ3v) is 7.42. The molecule has 172 valence electrons. The van der Waals surface area contributed by atoms with Crippen LogP contribution in [0.2, 0.25) is 0 Å². The molecular formula is C24H25N3O5S. The van der Waals surface area contributed by atoms with Gasteiger partial charge in [0.25, 0.3) is 0 Å². The number of benzene rings is 2. The zero-order valence-electron chi connectivity index (χ0n) is 18.5. The summed E-state index contributed by atoms with van der Waals surface area (Å²) in [5, 5.41) is 3.43. The van der Waals surface area contributed by atoms with Crippen molar-refractivity contribution in [3.05, 3.63) is 68.1 Å². The summed E-state index contributed by atoms with van der Waals surface area (Å²) in [4.78, 5) is 24.3. The summed E-state index contributed by atoms with van der Waals surface area (Å²) in [7, 11) is -4.20. The van der Waals surface area contributed by atoms with E-state index in [1.165, 1.54) is 17.2 Å². The molecule has 33 heavy (non-hydrogen) atoms. The predicted octanol–water partition coefficient (Wildman–Crippen LogP) is 3.87. The molecule has 0 atom stereocenters. The molecule has 1 aromatic heterocycles. The van der Waals surface area contributed by atoms with Crippen LogP contribution in [0.15, 0.2) is 33.5 Å². The van der Waals surface area contributed by atoms with Crippen molar-refractivity contribution >= 4 is 38.6 Å². The Kier molecular flexibility index (Phi) is 5.16. The van der Waals surface area contributed by atoms with Crippen LogP contribution in [-0.4, -0.2) is 14.4 Å². The van der Waals surface area contributed by atoms with Gasteiger partial charge in [-0.25, -0.2) is 14.3 Å². The second-order valence-electron chi connectivity index (χ2n) is 8.81. The highest BCUT2D eigenvalue weighted by atomic mass is 32.2. The Morgan fingerprint density at radius 3 is 2.24 bits per heavy atom. The van der Waals surface area contributed by atoms with Crippen molar-refractivity contribution in [2.75, 3.05) is 10.0 Å². The summed E-state index contributed by atoms with van der Waals surface area (Å²) in [6.07, 6.45) is 5.81. The maximum Gasteiger partial charge on any atom is 0.336 e. The van der Waals surface area contributed by atoms with Crippen LogP contribution in [0.3, 0.4) is 0 Å². The van der Waals surface area contributed by atoms with Crippen molar-refractivity contribution in [3.63, 3.8) is 0 Å². The van der Waals surface area contributed by atoms with Crippen molar-refractivity contribution < 1.29 is 17.6 Å². The monoisotopic (exact) mass is 467 g/mol. The fraction of sp³-hybridized carbons (Fsp3) is 0.333. The number of carbonyl (C=O) groups is 1. The van der Waals surface area contributed by atoms with E-state index in [2.05, 4.69) is 20.8 Å². The van der Waals surface area contributed by atoms with Gasteiger partial charge in [-0.05, 0) is 97.9 Å². The van der Waals surface area contributed by atoms with E-state index in [0.717, 1.165) is 55.3 Å². The standard InChI is InChI=1S/C24H25N3O5S/c1-13-10-22(28)32-21-9-14(2)20(12-19(13)21)26-33(30,31)27-24(29)25-23-17-7-3-5-15(17)11-16-6-4-8-18(16)23/h9-12,26H,3-8H2,1-2H3,(H2,25,27,29). The van der Waals surface area contributed by atoms with Crippen molar-refractivity contribution in [2.24, 2.45) is 0 Å². The first-order valence-corrected chi connectivity index (χ1v) is 12.5. The molecule has 3 aromatic rings. The van der Waals surface area contributed by atoms with Gasteiger partial charge in [0.15, 0.2) is 0 Å². The minimum absolute atomic E-state index is 0.293.